The van der Waals surface area contributed by atoms with E-state index in [1.165, 1.54) is 12.1 Å². The van der Waals surface area contributed by atoms with Crippen LogP contribution in [-0.4, -0.2) is 10.9 Å². The Morgan fingerprint density at radius 1 is 1.00 bits per heavy atom. The average Bonchev–Trinajstić information content (AvgIpc) is 2.33. The summed E-state index contributed by atoms with van der Waals surface area (Å²) in [6.07, 6.45) is 0. The standard InChI is InChI=1S/C13H11NO2/c14-11-8-10(6-7-12(11)15)13(16)9-4-2-1-3-5-9/h1-8,15H,14H2. The Morgan fingerprint density at radius 3 is 2.31 bits per heavy atom. The van der Waals surface area contributed by atoms with Crippen LogP contribution in [0.3, 0.4) is 0 Å². The lowest BCUT2D eigenvalue weighted by Crippen LogP contribution is -2.01. The number of aromatic hydroxyl groups is 1. The molecule has 80 valence electrons. The number of anilines is 1. The van der Waals surface area contributed by atoms with Gasteiger partial charge in [-0.15, -0.1) is 0 Å². The van der Waals surface area contributed by atoms with E-state index in [1.54, 1.807) is 30.3 Å². The van der Waals surface area contributed by atoms with E-state index in [-0.39, 0.29) is 17.2 Å². The van der Waals surface area contributed by atoms with Crippen molar-refractivity contribution in [3.63, 3.8) is 0 Å². The number of nitrogen functional groups attached to an aromatic ring is 1. The number of hydrogen-bond acceptors (Lipinski definition) is 3. The lowest BCUT2D eigenvalue weighted by Gasteiger charge is -2.03. The summed E-state index contributed by atoms with van der Waals surface area (Å²) in [6.45, 7) is 0. The summed E-state index contributed by atoms with van der Waals surface area (Å²) >= 11 is 0. The minimum Gasteiger partial charge on any atom is -0.506 e. The molecule has 0 aliphatic heterocycles. The third kappa shape index (κ3) is 1.88. The zero-order valence-electron chi connectivity index (χ0n) is 8.55. The molecule has 0 radical (unpaired) electrons. The van der Waals surface area contributed by atoms with E-state index in [0.29, 0.717) is 11.1 Å². The smallest absolute Gasteiger partial charge is 0.193 e. The number of phenolic OH excluding ortho intramolecular Hbond substituents is 1. The van der Waals surface area contributed by atoms with Gasteiger partial charge in [0, 0.05) is 11.1 Å². The van der Waals surface area contributed by atoms with E-state index in [1.807, 2.05) is 6.07 Å². The predicted molar refractivity (Wildman–Crippen MR) is 62.4 cm³/mol. The van der Waals surface area contributed by atoms with Gasteiger partial charge < -0.3 is 10.8 Å². The molecule has 3 N–H and O–H groups in total. The Kier molecular flexibility index (Phi) is 2.60. The quantitative estimate of drug-likeness (QED) is 0.456. The first-order valence-electron chi connectivity index (χ1n) is 4.87. The molecule has 3 heteroatoms. The number of rotatable bonds is 2. The van der Waals surface area contributed by atoms with E-state index >= 15 is 0 Å². The molecule has 0 atom stereocenters. The summed E-state index contributed by atoms with van der Waals surface area (Å²) in [6, 6.07) is 13.4. The first kappa shape index (κ1) is 10.2. The fourth-order valence-corrected chi connectivity index (χ4v) is 1.45. The Balaban J connectivity index is 2.39. The average molecular weight is 213 g/mol. The molecule has 0 spiro atoms. The SMILES string of the molecule is Nc1cc(C(=O)c2ccccc2)ccc1O. The van der Waals surface area contributed by atoms with Crippen LogP contribution in [0, 0.1) is 0 Å². The largest absolute Gasteiger partial charge is 0.506 e. The van der Waals surface area contributed by atoms with Crippen molar-refractivity contribution in [1.29, 1.82) is 0 Å². The third-order valence-electron chi connectivity index (χ3n) is 2.33. The number of hydrogen-bond donors (Lipinski definition) is 2. The maximum Gasteiger partial charge on any atom is 0.193 e. The van der Waals surface area contributed by atoms with Gasteiger partial charge >= 0.3 is 0 Å². The molecule has 0 aliphatic rings. The molecule has 0 saturated heterocycles. The van der Waals surface area contributed by atoms with Crippen molar-refractivity contribution in [3.8, 4) is 5.75 Å². The fraction of sp³-hybridized carbons (Fsp3) is 0. The molecule has 0 saturated carbocycles. The van der Waals surface area contributed by atoms with Crippen LogP contribution in [0.2, 0.25) is 0 Å². The van der Waals surface area contributed by atoms with Crippen LogP contribution in [0.1, 0.15) is 15.9 Å². The topological polar surface area (TPSA) is 63.3 Å². The normalized spacial score (nSPS) is 10.0. The molecule has 2 aromatic rings. The summed E-state index contributed by atoms with van der Waals surface area (Å²) in [7, 11) is 0. The van der Waals surface area contributed by atoms with Gasteiger partial charge in [0.2, 0.25) is 0 Å². The van der Waals surface area contributed by atoms with Crippen molar-refractivity contribution in [1.82, 2.24) is 0 Å². The molecular weight excluding hydrogens is 202 g/mol. The molecule has 0 heterocycles. The molecule has 0 amide bonds. The molecule has 0 fully saturated rings. The fourth-order valence-electron chi connectivity index (χ4n) is 1.45. The van der Waals surface area contributed by atoms with Crippen molar-refractivity contribution in [3.05, 3.63) is 59.7 Å². The molecule has 0 aliphatic carbocycles. The van der Waals surface area contributed by atoms with Crippen molar-refractivity contribution in [2.75, 3.05) is 5.73 Å². The van der Waals surface area contributed by atoms with Gasteiger partial charge in [-0.3, -0.25) is 4.79 Å². The number of carbonyl (C=O) groups excluding carboxylic acids is 1. The summed E-state index contributed by atoms with van der Waals surface area (Å²) in [5, 5.41) is 9.26. The molecule has 16 heavy (non-hydrogen) atoms. The molecule has 2 rings (SSSR count). The zero-order chi connectivity index (χ0) is 11.5. The summed E-state index contributed by atoms with van der Waals surface area (Å²) < 4.78 is 0. The van der Waals surface area contributed by atoms with E-state index in [9.17, 15) is 9.90 Å². The molecule has 2 aromatic carbocycles. The summed E-state index contributed by atoms with van der Waals surface area (Å²) in [5.74, 6) is -0.114. The van der Waals surface area contributed by atoms with Crippen LogP contribution in [0.4, 0.5) is 5.69 Å². The van der Waals surface area contributed by atoms with Crippen molar-refractivity contribution in [2.45, 2.75) is 0 Å². The van der Waals surface area contributed by atoms with E-state index in [0.717, 1.165) is 0 Å². The van der Waals surface area contributed by atoms with Gasteiger partial charge in [0.05, 0.1) is 5.69 Å². The van der Waals surface area contributed by atoms with Gasteiger partial charge in [-0.2, -0.15) is 0 Å². The number of ketones is 1. The van der Waals surface area contributed by atoms with Crippen LogP contribution in [0.5, 0.6) is 5.75 Å². The Labute approximate surface area is 93.1 Å². The summed E-state index contributed by atoms with van der Waals surface area (Å²) in [5.41, 5.74) is 6.82. The minimum absolute atomic E-state index is 0.00962. The molecule has 0 aromatic heterocycles. The maximum atomic E-state index is 12.0. The highest BCUT2D eigenvalue weighted by atomic mass is 16.3. The number of phenols is 1. The molecule has 0 unspecified atom stereocenters. The van der Waals surface area contributed by atoms with Crippen LogP contribution in [0.15, 0.2) is 48.5 Å². The van der Waals surface area contributed by atoms with Crippen LogP contribution in [0.25, 0.3) is 0 Å². The second-order valence-electron chi connectivity index (χ2n) is 3.47. The first-order chi connectivity index (χ1) is 7.68. The number of nitrogens with two attached hydrogens (primary N) is 1. The van der Waals surface area contributed by atoms with E-state index < -0.39 is 0 Å². The lowest BCUT2D eigenvalue weighted by atomic mass is 10.0. The maximum absolute atomic E-state index is 12.0. The first-order valence-corrected chi connectivity index (χ1v) is 4.87. The van der Waals surface area contributed by atoms with Gasteiger partial charge in [-0.25, -0.2) is 0 Å². The second kappa shape index (κ2) is 4.06. The van der Waals surface area contributed by atoms with Crippen molar-refractivity contribution in [2.24, 2.45) is 0 Å². The van der Waals surface area contributed by atoms with Crippen LogP contribution >= 0.6 is 0 Å². The third-order valence-corrected chi connectivity index (χ3v) is 2.33. The van der Waals surface area contributed by atoms with Gasteiger partial charge in [-0.05, 0) is 18.2 Å². The molecule has 0 bridgehead atoms. The number of benzene rings is 2. The minimum atomic E-state index is -0.104. The Hall–Kier alpha value is -2.29. The summed E-state index contributed by atoms with van der Waals surface area (Å²) in [4.78, 5) is 12.0. The van der Waals surface area contributed by atoms with Gasteiger partial charge in [0.1, 0.15) is 5.75 Å². The predicted octanol–water partition coefficient (Wildman–Crippen LogP) is 2.21. The Morgan fingerprint density at radius 2 is 1.69 bits per heavy atom. The highest BCUT2D eigenvalue weighted by Gasteiger charge is 2.09. The van der Waals surface area contributed by atoms with E-state index in [4.69, 9.17) is 5.73 Å². The zero-order valence-corrected chi connectivity index (χ0v) is 8.55. The van der Waals surface area contributed by atoms with Gasteiger partial charge in [0.15, 0.2) is 5.78 Å². The monoisotopic (exact) mass is 213 g/mol. The second-order valence-corrected chi connectivity index (χ2v) is 3.47. The lowest BCUT2D eigenvalue weighted by molar-refractivity contribution is 0.103. The van der Waals surface area contributed by atoms with Gasteiger partial charge in [-0.1, -0.05) is 30.3 Å². The van der Waals surface area contributed by atoms with Crippen molar-refractivity contribution < 1.29 is 9.90 Å². The number of carbonyl (C=O) groups is 1. The highest BCUT2D eigenvalue weighted by Crippen LogP contribution is 2.21. The molecular formula is C13H11NO2. The van der Waals surface area contributed by atoms with Crippen molar-refractivity contribution >= 4 is 11.5 Å². The van der Waals surface area contributed by atoms with E-state index in [2.05, 4.69) is 0 Å². The Bertz CT molecular complexity index is 521. The van der Waals surface area contributed by atoms with Crippen LogP contribution in [-0.2, 0) is 0 Å². The highest BCUT2D eigenvalue weighted by molar-refractivity contribution is 6.09. The molecule has 3 nitrogen and oxygen atoms in total. The van der Waals surface area contributed by atoms with Gasteiger partial charge in [0.25, 0.3) is 0 Å². The van der Waals surface area contributed by atoms with Crippen LogP contribution < -0.4 is 5.73 Å².